The summed E-state index contributed by atoms with van der Waals surface area (Å²) in [5, 5.41) is 2.79. The Morgan fingerprint density at radius 2 is 1.89 bits per heavy atom. The molecular weight excluding hydrogens is 353 g/mol. The highest BCUT2D eigenvalue weighted by atomic mass is 79.9. The first-order valence-electron chi connectivity index (χ1n) is 5.27. The zero-order valence-electron chi connectivity index (χ0n) is 9.53. The van der Waals surface area contributed by atoms with E-state index in [1.165, 1.54) is 6.07 Å². The van der Waals surface area contributed by atoms with Gasteiger partial charge in [0, 0.05) is 10.5 Å². The minimum atomic E-state index is -0.201. The SMILES string of the molecule is O=C(Cc1ccc(Br)cc1)Nc1cc(Cl)nc(Cl)n1. The van der Waals surface area contributed by atoms with Crippen LogP contribution in [0.5, 0.6) is 0 Å². The molecule has 0 aliphatic carbocycles. The van der Waals surface area contributed by atoms with Crippen molar-refractivity contribution in [2.75, 3.05) is 5.32 Å². The maximum atomic E-state index is 11.8. The Bertz CT molecular complexity index is 584. The molecule has 1 N–H and O–H groups in total. The number of halogens is 3. The Morgan fingerprint density at radius 1 is 1.21 bits per heavy atom. The molecule has 0 atom stereocenters. The van der Waals surface area contributed by atoms with Gasteiger partial charge in [0.15, 0.2) is 0 Å². The normalized spacial score (nSPS) is 10.3. The fourth-order valence-corrected chi connectivity index (χ4v) is 2.10. The summed E-state index contributed by atoms with van der Waals surface area (Å²) < 4.78 is 0.964. The van der Waals surface area contributed by atoms with Gasteiger partial charge in [0.05, 0.1) is 6.42 Å². The first kappa shape index (κ1) is 14.2. The third kappa shape index (κ3) is 4.45. The quantitative estimate of drug-likeness (QED) is 0.670. The lowest BCUT2D eigenvalue weighted by molar-refractivity contribution is -0.115. The van der Waals surface area contributed by atoms with E-state index in [0.717, 1.165) is 10.0 Å². The number of benzene rings is 1. The van der Waals surface area contributed by atoms with Gasteiger partial charge in [-0.1, -0.05) is 39.7 Å². The zero-order chi connectivity index (χ0) is 13.8. The molecule has 0 fully saturated rings. The molecule has 0 radical (unpaired) electrons. The summed E-state index contributed by atoms with van der Waals surface area (Å²) in [5.41, 5.74) is 0.895. The first-order chi connectivity index (χ1) is 9.02. The Balaban J connectivity index is 2.03. The van der Waals surface area contributed by atoms with Crippen LogP contribution in [0.25, 0.3) is 0 Å². The molecule has 0 aliphatic heterocycles. The van der Waals surface area contributed by atoms with Crippen LogP contribution < -0.4 is 5.32 Å². The predicted octanol–water partition coefficient (Wildman–Crippen LogP) is 3.73. The molecule has 7 heteroatoms. The smallest absolute Gasteiger partial charge is 0.229 e. The van der Waals surface area contributed by atoms with E-state index in [1.807, 2.05) is 24.3 Å². The van der Waals surface area contributed by atoms with Crippen LogP contribution in [0, 0.1) is 0 Å². The van der Waals surface area contributed by atoms with E-state index < -0.39 is 0 Å². The van der Waals surface area contributed by atoms with Gasteiger partial charge in [0.25, 0.3) is 0 Å². The number of carbonyl (C=O) groups is 1. The number of nitrogens with zero attached hydrogens (tertiary/aromatic N) is 2. The summed E-state index contributed by atoms with van der Waals surface area (Å²) >= 11 is 14.7. The van der Waals surface area contributed by atoms with Crippen LogP contribution in [0.2, 0.25) is 10.4 Å². The Morgan fingerprint density at radius 3 is 2.53 bits per heavy atom. The van der Waals surface area contributed by atoms with Crippen molar-refractivity contribution in [2.45, 2.75) is 6.42 Å². The van der Waals surface area contributed by atoms with Crippen molar-refractivity contribution in [2.24, 2.45) is 0 Å². The molecule has 1 aromatic heterocycles. The monoisotopic (exact) mass is 359 g/mol. The molecule has 98 valence electrons. The number of amides is 1. The number of hydrogen-bond donors (Lipinski definition) is 1. The van der Waals surface area contributed by atoms with Crippen molar-refractivity contribution < 1.29 is 4.79 Å². The Hall–Kier alpha value is -1.17. The maximum Gasteiger partial charge on any atom is 0.229 e. The summed E-state index contributed by atoms with van der Waals surface area (Å²) in [7, 11) is 0. The highest BCUT2D eigenvalue weighted by Gasteiger charge is 2.07. The van der Waals surface area contributed by atoms with Crippen LogP contribution >= 0.6 is 39.1 Å². The van der Waals surface area contributed by atoms with Gasteiger partial charge in [-0.15, -0.1) is 0 Å². The fourth-order valence-electron chi connectivity index (χ4n) is 1.43. The molecular formula is C12H8BrCl2N3O. The second-order valence-electron chi connectivity index (χ2n) is 3.70. The highest BCUT2D eigenvalue weighted by Crippen LogP contribution is 2.15. The van der Waals surface area contributed by atoms with Gasteiger partial charge in [-0.05, 0) is 29.3 Å². The second kappa shape index (κ2) is 6.32. The number of anilines is 1. The summed E-state index contributed by atoms with van der Waals surface area (Å²) in [4.78, 5) is 19.4. The number of hydrogen-bond acceptors (Lipinski definition) is 3. The van der Waals surface area contributed by atoms with Crippen LogP contribution in [0.4, 0.5) is 5.82 Å². The molecule has 1 amide bonds. The van der Waals surface area contributed by atoms with Gasteiger partial charge in [-0.3, -0.25) is 4.79 Å². The van der Waals surface area contributed by atoms with E-state index in [0.29, 0.717) is 0 Å². The van der Waals surface area contributed by atoms with Crippen LogP contribution in [-0.2, 0) is 11.2 Å². The lowest BCUT2D eigenvalue weighted by atomic mass is 10.1. The summed E-state index contributed by atoms with van der Waals surface area (Å²) in [5.74, 6) is 0.0836. The number of carbonyl (C=O) groups excluding carboxylic acids is 1. The van der Waals surface area contributed by atoms with E-state index in [2.05, 4.69) is 31.2 Å². The van der Waals surface area contributed by atoms with Crippen LogP contribution in [0.3, 0.4) is 0 Å². The molecule has 0 aliphatic rings. The Kier molecular flexibility index (Phi) is 4.74. The number of rotatable bonds is 3. The molecule has 0 unspecified atom stereocenters. The lowest BCUT2D eigenvalue weighted by Gasteiger charge is -2.05. The largest absolute Gasteiger partial charge is 0.310 e. The van der Waals surface area contributed by atoms with Crippen LogP contribution in [-0.4, -0.2) is 15.9 Å². The van der Waals surface area contributed by atoms with Crippen molar-refractivity contribution >= 4 is 50.9 Å². The zero-order valence-corrected chi connectivity index (χ0v) is 12.6. The molecule has 0 bridgehead atoms. The second-order valence-corrected chi connectivity index (χ2v) is 5.34. The van der Waals surface area contributed by atoms with Gasteiger partial charge in [0.2, 0.25) is 11.2 Å². The molecule has 1 heterocycles. The van der Waals surface area contributed by atoms with Gasteiger partial charge in [0.1, 0.15) is 11.0 Å². The van der Waals surface area contributed by atoms with Crippen molar-refractivity contribution in [1.82, 2.24) is 9.97 Å². The van der Waals surface area contributed by atoms with E-state index in [4.69, 9.17) is 23.2 Å². The van der Waals surface area contributed by atoms with Gasteiger partial charge >= 0.3 is 0 Å². The van der Waals surface area contributed by atoms with Gasteiger partial charge in [-0.2, -0.15) is 0 Å². The average Bonchev–Trinajstić information content (AvgIpc) is 2.30. The molecule has 1 aromatic carbocycles. The Labute approximate surface area is 128 Å². The predicted molar refractivity (Wildman–Crippen MR) is 78.5 cm³/mol. The van der Waals surface area contributed by atoms with Crippen molar-refractivity contribution in [3.05, 3.63) is 50.8 Å². The van der Waals surface area contributed by atoms with E-state index in [9.17, 15) is 4.79 Å². The first-order valence-corrected chi connectivity index (χ1v) is 6.82. The maximum absolute atomic E-state index is 11.8. The van der Waals surface area contributed by atoms with E-state index >= 15 is 0 Å². The molecule has 2 rings (SSSR count). The fraction of sp³-hybridized carbons (Fsp3) is 0.0833. The minimum Gasteiger partial charge on any atom is -0.310 e. The van der Waals surface area contributed by atoms with Crippen molar-refractivity contribution in [3.63, 3.8) is 0 Å². The summed E-state index contributed by atoms with van der Waals surface area (Å²) in [6.45, 7) is 0. The van der Waals surface area contributed by atoms with Gasteiger partial charge in [-0.25, -0.2) is 9.97 Å². The highest BCUT2D eigenvalue weighted by molar-refractivity contribution is 9.10. The molecule has 2 aromatic rings. The number of nitrogens with one attached hydrogen (secondary N) is 1. The van der Waals surface area contributed by atoms with Crippen molar-refractivity contribution in [1.29, 1.82) is 0 Å². The average molecular weight is 361 g/mol. The standard InChI is InChI=1S/C12H8BrCl2N3O/c13-8-3-1-7(2-4-8)5-11(19)17-10-6-9(14)16-12(15)18-10/h1-4,6H,5H2,(H,16,17,18,19). The summed E-state index contributed by atoms with van der Waals surface area (Å²) in [6, 6.07) is 8.92. The van der Waals surface area contributed by atoms with Crippen molar-refractivity contribution in [3.8, 4) is 0 Å². The molecule has 0 spiro atoms. The molecule has 0 saturated heterocycles. The van der Waals surface area contributed by atoms with Crippen LogP contribution in [0.15, 0.2) is 34.8 Å². The molecule has 0 saturated carbocycles. The lowest BCUT2D eigenvalue weighted by Crippen LogP contribution is -2.15. The molecule has 19 heavy (non-hydrogen) atoms. The third-order valence-electron chi connectivity index (χ3n) is 2.21. The third-order valence-corrected chi connectivity index (χ3v) is 3.10. The number of aromatic nitrogens is 2. The van der Waals surface area contributed by atoms with Gasteiger partial charge < -0.3 is 5.32 Å². The van der Waals surface area contributed by atoms with Crippen LogP contribution in [0.1, 0.15) is 5.56 Å². The van der Waals surface area contributed by atoms with E-state index in [1.54, 1.807) is 0 Å². The molecule has 4 nitrogen and oxygen atoms in total. The topological polar surface area (TPSA) is 54.9 Å². The summed E-state index contributed by atoms with van der Waals surface area (Å²) in [6.07, 6.45) is 0.243. The van der Waals surface area contributed by atoms with E-state index in [-0.39, 0.29) is 28.6 Å². The minimum absolute atomic E-state index is 0.00792.